The summed E-state index contributed by atoms with van der Waals surface area (Å²) in [6.07, 6.45) is 1.15. The lowest BCUT2D eigenvalue weighted by Crippen LogP contribution is -2.32. The second kappa shape index (κ2) is 6.32. The van der Waals surface area contributed by atoms with Gasteiger partial charge < -0.3 is 14.6 Å². The molecular formula is C17H20N2O3. The Bertz CT molecular complexity index is 659. The summed E-state index contributed by atoms with van der Waals surface area (Å²) in [5.41, 5.74) is 4.11. The van der Waals surface area contributed by atoms with Crippen molar-refractivity contribution in [3.05, 3.63) is 52.4 Å². The number of hydrogen-bond donors (Lipinski definition) is 1. The van der Waals surface area contributed by atoms with Gasteiger partial charge in [0.2, 0.25) is 5.91 Å². The van der Waals surface area contributed by atoms with Crippen molar-refractivity contribution in [3.63, 3.8) is 0 Å². The molecule has 2 heterocycles. The first-order valence-corrected chi connectivity index (χ1v) is 7.53. The van der Waals surface area contributed by atoms with Crippen LogP contribution < -0.4 is 5.32 Å². The molecule has 0 saturated carbocycles. The van der Waals surface area contributed by atoms with E-state index in [1.165, 1.54) is 11.1 Å². The third-order valence-electron chi connectivity index (χ3n) is 4.10. The van der Waals surface area contributed by atoms with Crippen molar-refractivity contribution in [3.8, 4) is 0 Å². The van der Waals surface area contributed by atoms with Crippen molar-refractivity contribution in [2.24, 2.45) is 0 Å². The van der Waals surface area contributed by atoms with Crippen LogP contribution in [0.5, 0.6) is 0 Å². The molecule has 1 aromatic carbocycles. The third-order valence-corrected chi connectivity index (χ3v) is 4.10. The second-order valence-corrected chi connectivity index (χ2v) is 5.59. The number of nitrogens with one attached hydrogen (secondary N) is 1. The van der Waals surface area contributed by atoms with Crippen molar-refractivity contribution >= 4 is 5.91 Å². The number of aromatic nitrogens is 1. The van der Waals surface area contributed by atoms with Crippen LogP contribution >= 0.6 is 0 Å². The Labute approximate surface area is 129 Å². The first-order chi connectivity index (χ1) is 10.6. The fourth-order valence-electron chi connectivity index (χ4n) is 2.83. The molecule has 1 unspecified atom stereocenters. The van der Waals surface area contributed by atoms with E-state index in [1.807, 2.05) is 26.0 Å². The molecule has 0 fully saturated rings. The van der Waals surface area contributed by atoms with E-state index in [9.17, 15) is 4.79 Å². The number of rotatable bonds is 4. The van der Waals surface area contributed by atoms with E-state index < -0.39 is 0 Å². The molecule has 2 aromatic rings. The smallest absolute Gasteiger partial charge is 0.224 e. The molecule has 3 rings (SSSR count). The zero-order valence-corrected chi connectivity index (χ0v) is 12.9. The lowest BCUT2D eigenvalue weighted by Gasteiger charge is -2.26. The van der Waals surface area contributed by atoms with Crippen LogP contribution in [0, 0.1) is 13.8 Å². The van der Waals surface area contributed by atoms with Gasteiger partial charge in [-0.3, -0.25) is 4.79 Å². The molecular weight excluding hydrogens is 280 g/mol. The average molecular weight is 300 g/mol. The van der Waals surface area contributed by atoms with Crippen molar-refractivity contribution in [2.45, 2.75) is 32.8 Å². The zero-order chi connectivity index (χ0) is 15.5. The van der Waals surface area contributed by atoms with Crippen LogP contribution in [0.15, 0.2) is 28.8 Å². The van der Waals surface area contributed by atoms with Gasteiger partial charge in [-0.25, -0.2) is 0 Å². The zero-order valence-electron chi connectivity index (χ0n) is 12.9. The first kappa shape index (κ1) is 14.8. The standard InChI is InChI=1S/C17H20N2O3/c1-11-15(12(2)22-19-11)9-17(20)18-10-16-14-6-4-3-5-13(14)7-8-21-16/h3-6,16H,7-10H2,1-2H3,(H,18,20). The van der Waals surface area contributed by atoms with Gasteiger partial charge in [-0.2, -0.15) is 0 Å². The van der Waals surface area contributed by atoms with E-state index in [1.54, 1.807) is 0 Å². The predicted octanol–water partition coefficient (Wildman–Crippen LogP) is 2.26. The molecule has 0 spiro atoms. The van der Waals surface area contributed by atoms with Gasteiger partial charge >= 0.3 is 0 Å². The van der Waals surface area contributed by atoms with Crippen molar-refractivity contribution in [1.82, 2.24) is 10.5 Å². The number of amides is 1. The van der Waals surface area contributed by atoms with E-state index >= 15 is 0 Å². The summed E-state index contributed by atoms with van der Waals surface area (Å²) in [5.74, 6) is 0.660. The molecule has 1 N–H and O–H groups in total. The lowest BCUT2D eigenvalue weighted by atomic mass is 9.97. The molecule has 1 aliphatic rings. The van der Waals surface area contributed by atoms with Crippen LogP contribution in [-0.2, 0) is 22.4 Å². The molecule has 116 valence electrons. The number of hydrogen-bond acceptors (Lipinski definition) is 4. The van der Waals surface area contributed by atoms with Crippen LogP contribution in [0.2, 0.25) is 0 Å². The molecule has 5 nitrogen and oxygen atoms in total. The Morgan fingerprint density at radius 2 is 2.18 bits per heavy atom. The van der Waals surface area contributed by atoms with Gasteiger partial charge in [-0.05, 0) is 31.4 Å². The highest BCUT2D eigenvalue weighted by molar-refractivity contribution is 5.79. The number of fused-ring (bicyclic) bond motifs is 1. The monoisotopic (exact) mass is 300 g/mol. The number of nitrogens with zero attached hydrogens (tertiary/aromatic N) is 1. The van der Waals surface area contributed by atoms with E-state index in [-0.39, 0.29) is 18.4 Å². The highest BCUT2D eigenvalue weighted by Crippen LogP contribution is 2.26. The van der Waals surface area contributed by atoms with Gasteiger partial charge in [0, 0.05) is 12.1 Å². The molecule has 22 heavy (non-hydrogen) atoms. The largest absolute Gasteiger partial charge is 0.371 e. The van der Waals surface area contributed by atoms with Gasteiger partial charge in [0.05, 0.1) is 18.7 Å². The topological polar surface area (TPSA) is 64.4 Å². The maximum absolute atomic E-state index is 12.1. The summed E-state index contributed by atoms with van der Waals surface area (Å²) < 4.78 is 10.9. The minimum atomic E-state index is -0.0708. The second-order valence-electron chi connectivity index (χ2n) is 5.59. The maximum atomic E-state index is 12.1. The van der Waals surface area contributed by atoms with Crippen LogP contribution in [0.25, 0.3) is 0 Å². The van der Waals surface area contributed by atoms with Gasteiger partial charge in [0.15, 0.2) is 0 Å². The molecule has 0 bridgehead atoms. The van der Waals surface area contributed by atoms with Crippen LogP contribution in [0.4, 0.5) is 0 Å². The Morgan fingerprint density at radius 1 is 1.36 bits per heavy atom. The summed E-state index contributed by atoms with van der Waals surface area (Å²) in [4.78, 5) is 12.1. The Morgan fingerprint density at radius 3 is 2.95 bits per heavy atom. The quantitative estimate of drug-likeness (QED) is 0.940. The SMILES string of the molecule is Cc1noc(C)c1CC(=O)NCC1OCCc2ccccc21. The van der Waals surface area contributed by atoms with E-state index in [2.05, 4.69) is 22.6 Å². The van der Waals surface area contributed by atoms with Gasteiger partial charge in [0.1, 0.15) is 11.9 Å². The fraction of sp³-hybridized carbons (Fsp3) is 0.412. The van der Waals surface area contributed by atoms with Gasteiger partial charge in [-0.1, -0.05) is 29.4 Å². The molecule has 0 saturated heterocycles. The van der Waals surface area contributed by atoms with Crippen molar-refractivity contribution < 1.29 is 14.1 Å². The Hall–Kier alpha value is -2.14. The predicted molar refractivity (Wildman–Crippen MR) is 81.5 cm³/mol. The minimum Gasteiger partial charge on any atom is -0.371 e. The molecule has 0 aliphatic carbocycles. The number of carbonyl (C=O) groups is 1. The van der Waals surface area contributed by atoms with E-state index in [0.29, 0.717) is 18.9 Å². The summed E-state index contributed by atoms with van der Waals surface area (Å²) in [6, 6.07) is 8.24. The van der Waals surface area contributed by atoms with E-state index in [0.717, 1.165) is 17.7 Å². The molecule has 1 aliphatic heterocycles. The summed E-state index contributed by atoms with van der Waals surface area (Å²) in [6.45, 7) is 4.85. The summed E-state index contributed by atoms with van der Waals surface area (Å²) in [5, 5.41) is 6.82. The Kier molecular flexibility index (Phi) is 4.24. The Balaban J connectivity index is 1.60. The fourth-order valence-corrected chi connectivity index (χ4v) is 2.83. The number of carbonyl (C=O) groups excluding carboxylic acids is 1. The van der Waals surface area contributed by atoms with Crippen molar-refractivity contribution in [1.29, 1.82) is 0 Å². The van der Waals surface area contributed by atoms with Crippen LogP contribution in [0.1, 0.15) is 34.2 Å². The summed E-state index contributed by atoms with van der Waals surface area (Å²) >= 11 is 0. The molecule has 1 amide bonds. The number of ether oxygens (including phenoxy) is 1. The highest BCUT2D eigenvalue weighted by Gasteiger charge is 2.21. The normalized spacial score (nSPS) is 17.1. The molecule has 0 radical (unpaired) electrons. The van der Waals surface area contributed by atoms with Gasteiger partial charge in [0.25, 0.3) is 0 Å². The number of aryl methyl sites for hydroxylation is 2. The minimum absolute atomic E-state index is 0.0407. The summed E-state index contributed by atoms with van der Waals surface area (Å²) in [7, 11) is 0. The lowest BCUT2D eigenvalue weighted by molar-refractivity contribution is -0.121. The van der Waals surface area contributed by atoms with E-state index in [4.69, 9.17) is 9.26 Å². The van der Waals surface area contributed by atoms with Crippen LogP contribution in [0.3, 0.4) is 0 Å². The average Bonchev–Trinajstić information content (AvgIpc) is 2.85. The van der Waals surface area contributed by atoms with Crippen LogP contribution in [-0.4, -0.2) is 24.2 Å². The third kappa shape index (κ3) is 3.04. The first-order valence-electron chi connectivity index (χ1n) is 7.53. The number of benzene rings is 1. The molecule has 1 aromatic heterocycles. The molecule has 1 atom stereocenters. The van der Waals surface area contributed by atoms with Crippen molar-refractivity contribution in [2.75, 3.05) is 13.2 Å². The maximum Gasteiger partial charge on any atom is 0.224 e. The molecule has 5 heteroatoms. The highest BCUT2D eigenvalue weighted by atomic mass is 16.5. The van der Waals surface area contributed by atoms with Gasteiger partial charge in [-0.15, -0.1) is 0 Å².